The van der Waals surface area contributed by atoms with E-state index in [-0.39, 0.29) is 24.1 Å². The third-order valence-corrected chi connectivity index (χ3v) is 3.26. The Kier molecular flexibility index (Phi) is 3.88. The molecule has 1 fully saturated rings. The van der Waals surface area contributed by atoms with Crippen LogP contribution >= 0.6 is 0 Å². The molecule has 1 aliphatic rings. The standard InChI is InChI=1S/C14H21FN2O/c1-9-7-17(8-10(2)18-9)14-5-4-12(11(3)16)6-13(14)15/h4-6,9-11H,7-8,16H2,1-3H3/t9?,10?,11-/m1/s1. The van der Waals surface area contributed by atoms with E-state index < -0.39 is 0 Å². The second-order valence-electron chi connectivity index (χ2n) is 5.16. The monoisotopic (exact) mass is 252 g/mol. The van der Waals surface area contributed by atoms with Gasteiger partial charge in [0.05, 0.1) is 17.9 Å². The minimum atomic E-state index is -0.203. The van der Waals surface area contributed by atoms with Gasteiger partial charge in [-0.1, -0.05) is 6.07 Å². The van der Waals surface area contributed by atoms with E-state index in [0.29, 0.717) is 5.69 Å². The van der Waals surface area contributed by atoms with E-state index in [2.05, 4.69) is 0 Å². The van der Waals surface area contributed by atoms with E-state index in [4.69, 9.17) is 10.5 Å². The molecule has 0 spiro atoms. The van der Waals surface area contributed by atoms with Gasteiger partial charge in [-0.25, -0.2) is 4.39 Å². The van der Waals surface area contributed by atoms with Crippen LogP contribution in [0.3, 0.4) is 0 Å². The fourth-order valence-electron chi connectivity index (χ4n) is 2.44. The zero-order valence-electron chi connectivity index (χ0n) is 11.2. The SMILES string of the molecule is CC1CN(c2ccc([C@@H](C)N)cc2F)CC(C)O1. The summed E-state index contributed by atoms with van der Waals surface area (Å²) in [7, 11) is 0. The number of morpholine rings is 1. The Bertz CT molecular complexity index is 412. The van der Waals surface area contributed by atoms with Crippen molar-refractivity contribution >= 4 is 5.69 Å². The molecule has 3 nitrogen and oxygen atoms in total. The summed E-state index contributed by atoms with van der Waals surface area (Å²) in [4.78, 5) is 2.04. The van der Waals surface area contributed by atoms with E-state index in [1.807, 2.05) is 37.8 Å². The molecule has 1 saturated heterocycles. The van der Waals surface area contributed by atoms with Gasteiger partial charge in [-0.15, -0.1) is 0 Å². The maximum absolute atomic E-state index is 14.1. The molecule has 1 aliphatic heterocycles. The number of anilines is 1. The van der Waals surface area contributed by atoms with Crippen LogP contribution in [0.2, 0.25) is 0 Å². The quantitative estimate of drug-likeness (QED) is 0.878. The topological polar surface area (TPSA) is 38.5 Å². The lowest BCUT2D eigenvalue weighted by Crippen LogP contribution is -2.45. The minimum absolute atomic E-state index is 0.126. The smallest absolute Gasteiger partial charge is 0.146 e. The van der Waals surface area contributed by atoms with Crippen molar-refractivity contribution < 1.29 is 9.13 Å². The first-order valence-electron chi connectivity index (χ1n) is 6.43. The van der Waals surface area contributed by atoms with E-state index in [1.165, 1.54) is 6.07 Å². The Morgan fingerprint density at radius 1 is 1.33 bits per heavy atom. The number of benzene rings is 1. The van der Waals surface area contributed by atoms with Crippen LogP contribution in [0, 0.1) is 5.82 Å². The predicted molar refractivity (Wildman–Crippen MR) is 71.2 cm³/mol. The summed E-state index contributed by atoms with van der Waals surface area (Å²) in [5.74, 6) is -0.203. The molecule has 2 rings (SSSR count). The van der Waals surface area contributed by atoms with Gasteiger partial charge in [0.1, 0.15) is 5.82 Å². The molecule has 0 aliphatic carbocycles. The van der Waals surface area contributed by atoms with E-state index in [0.717, 1.165) is 18.7 Å². The highest BCUT2D eigenvalue weighted by molar-refractivity contribution is 5.50. The Labute approximate surface area is 108 Å². The fraction of sp³-hybridized carbons (Fsp3) is 0.571. The van der Waals surface area contributed by atoms with Crippen molar-refractivity contribution in [3.63, 3.8) is 0 Å². The Morgan fingerprint density at radius 2 is 1.94 bits per heavy atom. The maximum Gasteiger partial charge on any atom is 0.146 e. The van der Waals surface area contributed by atoms with Crippen LogP contribution in [0.15, 0.2) is 18.2 Å². The van der Waals surface area contributed by atoms with Crippen LogP contribution in [-0.4, -0.2) is 25.3 Å². The third kappa shape index (κ3) is 2.82. The lowest BCUT2D eigenvalue weighted by molar-refractivity contribution is -0.00539. The van der Waals surface area contributed by atoms with Crippen LogP contribution in [0.1, 0.15) is 32.4 Å². The first-order valence-corrected chi connectivity index (χ1v) is 6.43. The molecule has 1 aromatic rings. The molecule has 4 heteroatoms. The van der Waals surface area contributed by atoms with Crippen molar-refractivity contribution in [3.05, 3.63) is 29.6 Å². The Morgan fingerprint density at radius 3 is 2.44 bits per heavy atom. The molecule has 2 unspecified atom stereocenters. The lowest BCUT2D eigenvalue weighted by Gasteiger charge is -2.37. The number of hydrogen-bond acceptors (Lipinski definition) is 3. The van der Waals surface area contributed by atoms with E-state index in [1.54, 1.807) is 0 Å². The van der Waals surface area contributed by atoms with Crippen LogP contribution in [-0.2, 0) is 4.74 Å². The first kappa shape index (κ1) is 13.3. The highest BCUT2D eigenvalue weighted by Gasteiger charge is 2.24. The maximum atomic E-state index is 14.1. The molecule has 3 atom stereocenters. The first-order chi connectivity index (χ1) is 8.47. The van der Waals surface area contributed by atoms with Crippen LogP contribution in [0.25, 0.3) is 0 Å². The Hall–Kier alpha value is -1.13. The molecule has 18 heavy (non-hydrogen) atoms. The fourth-order valence-corrected chi connectivity index (χ4v) is 2.44. The molecule has 100 valence electrons. The van der Waals surface area contributed by atoms with Crippen LogP contribution in [0.4, 0.5) is 10.1 Å². The second kappa shape index (κ2) is 5.24. The highest BCUT2D eigenvalue weighted by Crippen LogP contribution is 2.25. The Balaban J connectivity index is 2.22. The molecular weight excluding hydrogens is 231 g/mol. The molecule has 1 heterocycles. The van der Waals surface area contributed by atoms with Gasteiger partial charge < -0.3 is 15.4 Å². The molecular formula is C14H21FN2O. The van der Waals surface area contributed by atoms with Gasteiger partial charge >= 0.3 is 0 Å². The number of nitrogens with two attached hydrogens (primary N) is 1. The summed E-state index contributed by atoms with van der Waals surface area (Å²) in [6.07, 6.45) is 0.252. The molecule has 0 aromatic heterocycles. The van der Waals surface area contributed by atoms with Gasteiger partial charge in [0, 0.05) is 19.1 Å². The van der Waals surface area contributed by atoms with Crippen molar-refractivity contribution in [2.24, 2.45) is 5.73 Å². The van der Waals surface area contributed by atoms with Gasteiger partial charge in [-0.3, -0.25) is 0 Å². The predicted octanol–water partition coefficient (Wildman–Crippen LogP) is 2.46. The minimum Gasteiger partial charge on any atom is -0.372 e. The zero-order chi connectivity index (χ0) is 13.3. The number of rotatable bonds is 2. The molecule has 0 bridgehead atoms. The van der Waals surface area contributed by atoms with Crippen molar-refractivity contribution in [2.75, 3.05) is 18.0 Å². The van der Waals surface area contributed by atoms with Gasteiger partial charge in [0.15, 0.2) is 0 Å². The second-order valence-corrected chi connectivity index (χ2v) is 5.16. The molecule has 1 aromatic carbocycles. The number of nitrogens with zero attached hydrogens (tertiary/aromatic N) is 1. The molecule has 2 N–H and O–H groups in total. The third-order valence-electron chi connectivity index (χ3n) is 3.26. The number of hydrogen-bond donors (Lipinski definition) is 1. The molecule has 0 saturated carbocycles. The largest absolute Gasteiger partial charge is 0.372 e. The molecule has 0 radical (unpaired) electrons. The van der Waals surface area contributed by atoms with E-state index >= 15 is 0 Å². The van der Waals surface area contributed by atoms with Crippen molar-refractivity contribution in [1.29, 1.82) is 0 Å². The number of ether oxygens (including phenoxy) is 1. The van der Waals surface area contributed by atoms with Gasteiger partial charge in [0.25, 0.3) is 0 Å². The zero-order valence-corrected chi connectivity index (χ0v) is 11.2. The lowest BCUT2D eigenvalue weighted by atomic mass is 10.1. The number of halogens is 1. The normalized spacial score (nSPS) is 26.2. The van der Waals surface area contributed by atoms with Gasteiger partial charge in [0.2, 0.25) is 0 Å². The van der Waals surface area contributed by atoms with Gasteiger partial charge in [-0.05, 0) is 38.5 Å². The molecule has 0 amide bonds. The summed E-state index contributed by atoms with van der Waals surface area (Å²) >= 11 is 0. The van der Waals surface area contributed by atoms with Gasteiger partial charge in [-0.2, -0.15) is 0 Å². The van der Waals surface area contributed by atoms with Crippen molar-refractivity contribution in [1.82, 2.24) is 0 Å². The summed E-state index contributed by atoms with van der Waals surface area (Å²) in [6.45, 7) is 7.32. The van der Waals surface area contributed by atoms with Crippen LogP contribution in [0.5, 0.6) is 0 Å². The van der Waals surface area contributed by atoms with Crippen molar-refractivity contribution in [2.45, 2.75) is 39.0 Å². The highest BCUT2D eigenvalue weighted by atomic mass is 19.1. The average molecular weight is 252 g/mol. The summed E-state index contributed by atoms with van der Waals surface area (Å²) in [5, 5.41) is 0. The van der Waals surface area contributed by atoms with Crippen molar-refractivity contribution in [3.8, 4) is 0 Å². The van der Waals surface area contributed by atoms with Crippen LogP contribution < -0.4 is 10.6 Å². The summed E-state index contributed by atoms with van der Waals surface area (Å²) in [6, 6.07) is 5.10. The summed E-state index contributed by atoms with van der Waals surface area (Å²) in [5.41, 5.74) is 7.22. The van der Waals surface area contributed by atoms with E-state index in [9.17, 15) is 4.39 Å². The summed E-state index contributed by atoms with van der Waals surface area (Å²) < 4.78 is 19.8. The average Bonchev–Trinajstić information content (AvgIpc) is 2.27.